The predicted octanol–water partition coefficient (Wildman–Crippen LogP) is 1.87. The highest BCUT2D eigenvalue weighted by atomic mass is 32.2. The maximum absolute atomic E-state index is 13.2. The number of likely N-dealkylation sites (tertiary alicyclic amines) is 1. The van der Waals surface area contributed by atoms with Gasteiger partial charge < -0.3 is 10.0 Å². The van der Waals surface area contributed by atoms with E-state index in [0.717, 1.165) is 31.2 Å². The smallest absolute Gasteiger partial charge is 0.326 e. The lowest BCUT2D eigenvalue weighted by Gasteiger charge is -2.33. The molecule has 0 spiro atoms. The van der Waals surface area contributed by atoms with Crippen LogP contribution in [-0.2, 0) is 21.2 Å². The first-order chi connectivity index (χ1) is 12.8. The van der Waals surface area contributed by atoms with Gasteiger partial charge in [-0.05, 0) is 55.4 Å². The van der Waals surface area contributed by atoms with Gasteiger partial charge in [0, 0.05) is 18.2 Å². The van der Waals surface area contributed by atoms with E-state index in [0.29, 0.717) is 30.6 Å². The molecule has 1 aliphatic carbocycles. The maximum Gasteiger partial charge on any atom is 0.326 e. The van der Waals surface area contributed by atoms with Gasteiger partial charge in [0.05, 0.1) is 11.9 Å². The number of aliphatic carboxylic acids is 1. The van der Waals surface area contributed by atoms with E-state index >= 15 is 0 Å². The van der Waals surface area contributed by atoms with Crippen molar-refractivity contribution in [1.29, 1.82) is 0 Å². The van der Waals surface area contributed by atoms with Crippen molar-refractivity contribution < 1.29 is 23.1 Å². The quantitative estimate of drug-likeness (QED) is 0.847. The Balaban J connectivity index is 1.65. The molecule has 0 aromatic heterocycles. The number of carboxylic acids is 1. The van der Waals surface area contributed by atoms with E-state index in [4.69, 9.17) is 0 Å². The SMILES string of the molecule is CS(=O)(=O)N1CCc2cc(C(=O)N3[C@@H]4CCCC[C@@H]4C[C@H]3C(=O)O)ccc21. The van der Waals surface area contributed by atoms with Crippen molar-refractivity contribution in [2.75, 3.05) is 17.1 Å². The van der Waals surface area contributed by atoms with Crippen LogP contribution >= 0.6 is 0 Å². The Hall–Kier alpha value is -2.09. The summed E-state index contributed by atoms with van der Waals surface area (Å²) in [6.45, 7) is 0.373. The number of amides is 1. The van der Waals surface area contributed by atoms with E-state index in [1.54, 1.807) is 23.1 Å². The molecule has 0 bridgehead atoms. The monoisotopic (exact) mass is 392 g/mol. The van der Waals surface area contributed by atoms with Crippen LogP contribution in [0.25, 0.3) is 0 Å². The molecular formula is C19H24N2O5S. The lowest BCUT2D eigenvalue weighted by Crippen LogP contribution is -2.46. The Morgan fingerprint density at radius 2 is 1.93 bits per heavy atom. The molecule has 2 aliphatic heterocycles. The zero-order valence-electron chi connectivity index (χ0n) is 15.3. The van der Waals surface area contributed by atoms with Gasteiger partial charge in [0.2, 0.25) is 10.0 Å². The second kappa shape index (κ2) is 6.51. The molecule has 1 saturated carbocycles. The maximum atomic E-state index is 13.2. The van der Waals surface area contributed by atoms with Crippen molar-refractivity contribution in [2.24, 2.45) is 5.92 Å². The molecule has 2 heterocycles. The Bertz CT molecular complexity index is 897. The topological polar surface area (TPSA) is 95.0 Å². The summed E-state index contributed by atoms with van der Waals surface area (Å²) in [5.41, 5.74) is 1.87. The van der Waals surface area contributed by atoms with E-state index in [-0.39, 0.29) is 17.9 Å². The van der Waals surface area contributed by atoms with E-state index < -0.39 is 22.0 Å². The molecule has 4 rings (SSSR count). The minimum Gasteiger partial charge on any atom is -0.480 e. The van der Waals surface area contributed by atoms with Gasteiger partial charge in [-0.1, -0.05) is 12.8 Å². The average Bonchev–Trinajstić information content (AvgIpc) is 3.21. The first-order valence-electron chi connectivity index (χ1n) is 9.43. The minimum absolute atomic E-state index is 0.00637. The first-order valence-corrected chi connectivity index (χ1v) is 11.3. The van der Waals surface area contributed by atoms with Gasteiger partial charge in [-0.25, -0.2) is 13.2 Å². The third-order valence-electron chi connectivity index (χ3n) is 6.19. The van der Waals surface area contributed by atoms with E-state index in [1.165, 1.54) is 10.6 Å². The molecular weight excluding hydrogens is 368 g/mol. The van der Waals surface area contributed by atoms with Gasteiger partial charge in [-0.3, -0.25) is 9.10 Å². The fourth-order valence-electron chi connectivity index (χ4n) is 4.97. The highest BCUT2D eigenvalue weighted by molar-refractivity contribution is 7.92. The summed E-state index contributed by atoms with van der Waals surface area (Å²) < 4.78 is 25.1. The largest absolute Gasteiger partial charge is 0.480 e. The zero-order chi connectivity index (χ0) is 19.3. The Morgan fingerprint density at radius 1 is 1.19 bits per heavy atom. The van der Waals surface area contributed by atoms with Crippen molar-refractivity contribution in [2.45, 2.75) is 50.6 Å². The zero-order valence-corrected chi connectivity index (χ0v) is 16.1. The first kappa shape index (κ1) is 18.3. The van der Waals surface area contributed by atoms with Crippen LogP contribution in [-0.4, -0.2) is 55.2 Å². The van der Waals surface area contributed by atoms with E-state index in [2.05, 4.69) is 0 Å². The van der Waals surface area contributed by atoms with Gasteiger partial charge in [0.1, 0.15) is 6.04 Å². The number of hydrogen-bond acceptors (Lipinski definition) is 4. The minimum atomic E-state index is -3.34. The highest BCUT2D eigenvalue weighted by Gasteiger charge is 2.47. The van der Waals surface area contributed by atoms with E-state index in [1.807, 2.05) is 0 Å². The fourth-order valence-corrected chi connectivity index (χ4v) is 5.93. The fraction of sp³-hybridized carbons (Fsp3) is 0.579. The Kier molecular flexibility index (Phi) is 4.41. The number of nitrogens with zero attached hydrogens (tertiary/aromatic N) is 2. The molecule has 27 heavy (non-hydrogen) atoms. The van der Waals surface area contributed by atoms with Gasteiger partial charge >= 0.3 is 5.97 Å². The molecule has 3 atom stereocenters. The van der Waals surface area contributed by atoms with Crippen LogP contribution in [0.3, 0.4) is 0 Å². The summed E-state index contributed by atoms with van der Waals surface area (Å²) in [4.78, 5) is 26.6. The van der Waals surface area contributed by atoms with Gasteiger partial charge in [-0.15, -0.1) is 0 Å². The molecule has 7 nitrogen and oxygen atoms in total. The number of rotatable bonds is 3. The molecule has 3 aliphatic rings. The van der Waals surface area contributed by atoms with Gasteiger partial charge in [-0.2, -0.15) is 0 Å². The van der Waals surface area contributed by atoms with E-state index in [9.17, 15) is 23.1 Å². The molecule has 0 radical (unpaired) electrons. The summed E-state index contributed by atoms with van der Waals surface area (Å²) >= 11 is 0. The number of sulfonamides is 1. The van der Waals surface area contributed by atoms with Crippen LogP contribution in [0.2, 0.25) is 0 Å². The second-order valence-electron chi connectivity index (χ2n) is 7.84. The normalized spacial score (nSPS) is 27.4. The van der Waals surface area contributed by atoms with Gasteiger partial charge in [0.15, 0.2) is 0 Å². The van der Waals surface area contributed by atoms with Crippen LogP contribution in [0.4, 0.5) is 5.69 Å². The molecule has 2 fully saturated rings. The second-order valence-corrected chi connectivity index (χ2v) is 9.75. The number of benzene rings is 1. The number of fused-ring (bicyclic) bond motifs is 2. The molecule has 146 valence electrons. The molecule has 1 aromatic rings. The van der Waals surface area contributed by atoms with Crippen molar-refractivity contribution in [3.05, 3.63) is 29.3 Å². The average molecular weight is 392 g/mol. The number of anilines is 1. The lowest BCUT2D eigenvalue weighted by molar-refractivity contribution is -0.141. The third kappa shape index (κ3) is 3.09. The van der Waals surface area contributed by atoms with Crippen LogP contribution < -0.4 is 4.31 Å². The predicted molar refractivity (Wildman–Crippen MR) is 100 cm³/mol. The van der Waals surface area contributed by atoms with Crippen molar-refractivity contribution in [1.82, 2.24) is 4.90 Å². The number of carbonyl (C=O) groups excluding carboxylic acids is 1. The molecule has 1 saturated heterocycles. The summed E-state index contributed by atoms with van der Waals surface area (Å²) in [6.07, 6.45) is 6.20. The third-order valence-corrected chi connectivity index (χ3v) is 7.37. The summed E-state index contributed by atoms with van der Waals surface area (Å²) in [6, 6.07) is 4.25. The van der Waals surface area contributed by atoms with Crippen molar-refractivity contribution in [3.8, 4) is 0 Å². The van der Waals surface area contributed by atoms with Crippen LogP contribution in [0, 0.1) is 5.92 Å². The molecule has 1 aromatic carbocycles. The molecule has 1 amide bonds. The molecule has 8 heteroatoms. The molecule has 1 N–H and O–H groups in total. The van der Waals surface area contributed by atoms with Crippen molar-refractivity contribution >= 4 is 27.6 Å². The Labute approximate surface area is 159 Å². The van der Waals surface area contributed by atoms with Crippen molar-refractivity contribution in [3.63, 3.8) is 0 Å². The van der Waals surface area contributed by atoms with Crippen LogP contribution in [0.1, 0.15) is 48.0 Å². The summed E-state index contributed by atoms with van der Waals surface area (Å²) in [5.74, 6) is -0.932. The highest BCUT2D eigenvalue weighted by Crippen LogP contribution is 2.41. The number of hydrogen-bond donors (Lipinski definition) is 1. The number of carboxylic acid groups (broad SMARTS) is 1. The van der Waals surface area contributed by atoms with Crippen LogP contribution in [0.5, 0.6) is 0 Å². The standard InChI is InChI=1S/C19H24N2O5S/c1-27(25,26)20-9-8-13-10-14(6-7-15(13)20)18(22)21-16-5-3-2-4-12(16)11-17(21)19(23)24/h6-7,10,12,16-17H,2-5,8-9,11H2,1H3,(H,23,24)/t12-,16-,17+/m1/s1. The lowest BCUT2D eigenvalue weighted by atomic mass is 9.84. The Morgan fingerprint density at radius 3 is 2.63 bits per heavy atom. The van der Waals surface area contributed by atoms with Crippen LogP contribution in [0.15, 0.2) is 18.2 Å². The molecule has 0 unspecified atom stereocenters. The van der Waals surface area contributed by atoms with Gasteiger partial charge in [0.25, 0.3) is 5.91 Å². The number of carbonyl (C=O) groups is 2. The summed E-state index contributed by atoms with van der Waals surface area (Å²) in [5, 5.41) is 9.64. The summed E-state index contributed by atoms with van der Waals surface area (Å²) in [7, 11) is -3.34.